The van der Waals surface area contributed by atoms with E-state index in [4.69, 9.17) is 31.0 Å². The molecular formula is CH4KNO4Si. The summed E-state index contributed by atoms with van der Waals surface area (Å²) in [6, 6.07) is 0. The van der Waals surface area contributed by atoms with Gasteiger partial charge in [0, 0.05) is 0 Å². The fourth-order valence-electron chi connectivity index (χ4n) is 0. The summed E-state index contributed by atoms with van der Waals surface area (Å²) in [6.45, 7) is 4.75. The Bertz CT molecular complexity index is 52.8. The summed E-state index contributed by atoms with van der Waals surface area (Å²) in [7, 11) is -4.61. The molecule has 0 saturated heterocycles. The van der Waals surface area contributed by atoms with E-state index in [-0.39, 0.29) is 51.4 Å². The monoisotopic (exact) mass is 161 g/mol. The Kier molecular flexibility index (Phi) is 16.5. The van der Waals surface area contributed by atoms with Crippen LogP contribution in [-0.4, -0.2) is 28.2 Å². The van der Waals surface area contributed by atoms with E-state index < -0.39 is 9.05 Å². The van der Waals surface area contributed by atoms with Crippen LogP contribution in [0.4, 0.5) is 0 Å². The van der Waals surface area contributed by atoms with Crippen molar-refractivity contribution < 1.29 is 70.6 Å². The normalized spacial score (nSPS) is 7.75. The fourth-order valence-corrected chi connectivity index (χ4v) is 0. The van der Waals surface area contributed by atoms with Crippen molar-refractivity contribution in [2.45, 2.75) is 0 Å². The average molecular weight is 161 g/mol. The second-order valence-electron chi connectivity index (χ2n) is 0.600. The summed E-state index contributed by atoms with van der Waals surface area (Å²) >= 11 is 0. The summed E-state index contributed by atoms with van der Waals surface area (Å²) in [5.74, 6) is 0. The van der Waals surface area contributed by atoms with E-state index in [1.54, 1.807) is 0 Å². The van der Waals surface area contributed by atoms with E-state index in [1.807, 2.05) is 0 Å². The van der Waals surface area contributed by atoms with Gasteiger partial charge >= 0.3 is 60.4 Å². The van der Waals surface area contributed by atoms with Crippen LogP contribution in [-0.2, 0) is 0 Å². The van der Waals surface area contributed by atoms with Crippen LogP contribution in [0.1, 0.15) is 0 Å². The van der Waals surface area contributed by atoms with Crippen LogP contribution < -0.4 is 51.4 Å². The maximum Gasteiger partial charge on any atom is 1.00 e. The van der Waals surface area contributed by atoms with Crippen molar-refractivity contribution >= 4 is 9.05 Å². The van der Waals surface area contributed by atoms with Crippen LogP contribution in [0.15, 0.2) is 0 Å². The molecule has 0 rings (SSSR count). The van der Waals surface area contributed by atoms with Crippen LogP contribution in [0.3, 0.4) is 0 Å². The molecule has 0 amide bonds. The molecule has 0 bridgehead atoms. The van der Waals surface area contributed by atoms with Gasteiger partial charge in [-0.1, -0.05) is 0 Å². The fraction of sp³-hybridized carbons (Fsp3) is 0. The molecule has 0 unspecified atom stereocenters. The molecule has 0 radical (unpaired) electrons. The van der Waals surface area contributed by atoms with Crippen molar-refractivity contribution in [3.8, 4) is 0 Å². The molecule has 0 fully saturated rings. The van der Waals surface area contributed by atoms with E-state index in [0.29, 0.717) is 0 Å². The Hall–Kier alpha value is 1.18. The van der Waals surface area contributed by atoms with E-state index in [1.165, 1.54) is 0 Å². The van der Waals surface area contributed by atoms with Gasteiger partial charge in [-0.25, -0.2) is 0 Å². The quantitative estimate of drug-likeness (QED) is 0.209. The van der Waals surface area contributed by atoms with Gasteiger partial charge in [0.25, 0.3) is 0 Å². The van der Waals surface area contributed by atoms with Gasteiger partial charge in [-0.05, 0) is 0 Å². The zero-order chi connectivity index (χ0) is 6.50. The van der Waals surface area contributed by atoms with Gasteiger partial charge < -0.3 is 31.0 Å². The van der Waals surface area contributed by atoms with Crippen molar-refractivity contribution in [3.63, 3.8) is 0 Å². The molecule has 0 aliphatic heterocycles. The summed E-state index contributed by atoms with van der Waals surface area (Å²) in [5, 5.41) is 6.25. The third kappa shape index (κ3) is 196. The molecular weight excluding hydrogens is 157 g/mol. The predicted molar refractivity (Wildman–Crippen MR) is 19.6 cm³/mol. The second-order valence-corrected chi connectivity index (χ2v) is 1.80. The first-order valence-corrected chi connectivity index (χ1v) is 2.91. The summed E-state index contributed by atoms with van der Waals surface area (Å²) in [6.07, 6.45) is 0. The van der Waals surface area contributed by atoms with Crippen molar-refractivity contribution in [1.29, 1.82) is 5.26 Å². The Morgan fingerprint density at radius 2 is 1.00 bits per heavy atom. The minimum absolute atomic E-state index is 0. The summed E-state index contributed by atoms with van der Waals surface area (Å²) < 4.78 is 0. The van der Waals surface area contributed by atoms with Crippen molar-refractivity contribution in [2.75, 3.05) is 0 Å². The van der Waals surface area contributed by atoms with Crippen LogP contribution in [0, 0.1) is 11.8 Å². The molecule has 42 valence electrons. The molecule has 8 heavy (non-hydrogen) atoms. The Labute approximate surface area is 90.1 Å². The van der Waals surface area contributed by atoms with Gasteiger partial charge in [0.1, 0.15) is 0 Å². The molecule has 5 nitrogen and oxygen atoms in total. The zero-order valence-electron chi connectivity index (χ0n) is 4.24. The Morgan fingerprint density at radius 1 is 1.00 bits per heavy atom. The first-order chi connectivity index (χ1) is 3.00. The van der Waals surface area contributed by atoms with Gasteiger partial charge in [0.05, 0.1) is 0 Å². The van der Waals surface area contributed by atoms with Crippen molar-refractivity contribution in [2.24, 2.45) is 0 Å². The van der Waals surface area contributed by atoms with Crippen LogP contribution in [0.25, 0.3) is 0 Å². The summed E-state index contributed by atoms with van der Waals surface area (Å²) in [4.78, 5) is 29.3. The topological polar surface area (TPSA) is 105 Å². The summed E-state index contributed by atoms with van der Waals surface area (Å²) in [5.41, 5.74) is 0. The zero-order valence-corrected chi connectivity index (χ0v) is 8.36. The van der Waals surface area contributed by atoms with E-state index in [9.17, 15) is 0 Å². The SMILES string of the molecule is O[Si](O)(O)O.[C-]#N.[K+]. The molecule has 0 aromatic rings. The molecule has 0 saturated carbocycles. The maximum atomic E-state index is 7.33. The third-order valence-electron chi connectivity index (χ3n) is 0. The van der Waals surface area contributed by atoms with Gasteiger partial charge in [-0.3, -0.25) is 0 Å². The molecule has 0 aliphatic rings. The van der Waals surface area contributed by atoms with E-state index >= 15 is 0 Å². The smallest absolute Gasteiger partial charge is 0.512 e. The van der Waals surface area contributed by atoms with Gasteiger partial charge in [0.15, 0.2) is 0 Å². The number of hydrogen-bond acceptors (Lipinski definition) is 5. The maximum absolute atomic E-state index is 7.33. The van der Waals surface area contributed by atoms with Crippen LogP contribution >= 0.6 is 0 Å². The minimum Gasteiger partial charge on any atom is -0.512 e. The number of rotatable bonds is 0. The minimum atomic E-state index is -4.61. The number of hydrogen-bond donors (Lipinski definition) is 4. The largest absolute Gasteiger partial charge is 1.00 e. The van der Waals surface area contributed by atoms with Gasteiger partial charge in [0.2, 0.25) is 0 Å². The number of nitrogens with zero attached hydrogens (tertiary/aromatic N) is 1. The second kappa shape index (κ2) is 8.18. The molecule has 0 aromatic heterocycles. The molecule has 4 N–H and O–H groups in total. The van der Waals surface area contributed by atoms with Crippen LogP contribution in [0.5, 0.6) is 0 Å². The Morgan fingerprint density at radius 3 is 1.00 bits per heavy atom. The first-order valence-electron chi connectivity index (χ1n) is 1.12. The van der Waals surface area contributed by atoms with Crippen molar-refractivity contribution in [1.82, 2.24) is 0 Å². The standard InChI is InChI=1S/CN.K.H4O4Si/c1-2;;1-5(2,3)4/h;;1-4H/q-1;+1;. The van der Waals surface area contributed by atoms with E-state index in [2.05, 4.69) is 0 Å². The molecule has 0 aliphatic carbocycles. The van der Waals surface area contributed by atoms with Crippen LogP contribution in [0.2, 0.25) is 0 Å². The first kappa shape index (κ1) is 16.1. The predicted octanol–water partition coefficient (Wildman–Crippen LogP) is -5.51. The Balaban J connectivity index is -0.0000000750. The molecule has 0 heterocycles. The van der Waals surface area contributed by atoms with Gasteiger partial charge in [-0.15, -0.1) is 0 Å². The van der Waals surface area contributed by atoms with Gasteiger partial charge in [-0.2, -0.15) is 0 Å². The molecule has 7 heteroatoms. The molecule has 0 aromatic carbocycles. The molecule has 0 spiro atoms. The average Bonchev–Trinajstić information content (AvgIpc) is 1.36. The van der Waals surface area contributed by atoms with Crippen molar-refractivity contribution in [3.05, 3.63) is 6.57 Å². The molecule has 0 atom stereocenters. The van der Waals surface area contributed by atoms with E-state index in [0.717, 1.165) is 0 Å². The third-order valence-corrected chi connectivity index (χ3v) is 0.